The Balaban J connectivity index is 2.70. The number of nitrogens with one attached hydrogen (secondary N) is 2. The van der Waals surface area contributed by atoms with Gasteiger partial charge in [-0.2, -0.15) is 0 Å². The van der Waals surface area contributed by atoms with E-state index in [1.807, 2.05) is 13.8 Å². The van der Waals surface area contributed by atoms with Gasteiger partial charge in [-0.05, 0) is 46.5 Å². The Morgan fingerprint density at radius 3 is 2.60 bits per heavy atom. The van der Waals surface area contributed by atoms with Crippen LogP contribution in [0.5, 0.6) is 0 Å². The molecule has 0 aliphatic rings. The van der Waals surface area contributed by atoms with E-state index in [0.717, 1.165) is 0 Å². The van der Waals surface area contributed by atoms with E-state index >= 15 is 0 Å². The van der Waals surface area contributed by atoms with Crippen molar-refractivity contribution in [1.82, 2.24) is 5.32 Å². The van der Waals surface area contributed by atoms with E-state index in [4.69, 9.17) is 16.7 Å². The normalized spacial score (nSPS) is 12.1. The standard InChI is InChI=1S/C13H16BrClN2O3/c1-7(2)5-11(12(18)19)17-13(20)16-10-6-8(15)3-4-9(10)14/h3-4,6-7,11H,5H2,1-2H3,(H,18,19)(H2,16,17,20)/t11-/m1/s1. The third kappa shape index (κ3) is 5.38. The average Bonchev–Trinajstić information content (AvgIpc) is 2.32. The van der Waals surface area contributed by atoms with E-state index in [2.05, 4.69) is 26.6 Å². The molecule has 0 saturated heterocycles. The SMILES string of the molecule is CC(C)C[C@@H](NC(=O)Nc1cc(Cl)ccc1Br)C(=O)O. The Morgan fingerprint density at radius 2 is 2.05 bits per heavy atom. The molecule has 0 spiro atoms. The van der Waals surface area contributed by atoms with Gasteiger partial charge in [0.2, 0.25) is 0 Å². The molecule has 0 fully saturated rings. The zero-order chi connectivity index (χ0) is 15.3. The molecule has 1 aromatic rings. The van der Waals surface area contributed by atoms with Crippen LogP contribution in [0.25, 0.3) is 0 Å². The van der Waals surface area contributed by atoms with E-state index in [0.29, 0.717) is 21.6 Å². The highest BCUT2D eigenvalue weighted by Gasteiger charge is 2.21. The van der Waals surface area contributed by atoms with Crippen LogP contribution in [0.4, 0.5) is 10.5 Å². The van der Waals surface area contributed by atoms with Crippen LogP contribution >= 0.6 is 27.5 Å². The van der Waals surface area contributed by atoms with Crippen molar-refractivity contribution in [3.8, 4) is 0 Å². The third-order valence-corrected chi connectivity index (χ3v) is 3.41. The molecule has 0 aromatic heterocycles. The summed E-state index contributed by atoms with van der Waals surface area (Å²) in [6.45, 7) is 3.78. The first kappa shape index (κ1) is 16.8. The molecule has 7 heteroatoms. The molecule has 110 valence electrons. The molecule has 0 saturated carbocycles. The lowest BCUT2D eigenvalue weighted by atomic mass is 10.0. The van der Waals surface area contributed by atoms with Gasteiger partial charge in [0.15, 0.2) is 0 Å². The molecular weight excluding hydrogens is 348 g/mol. The number of carboxylic acid groups (broad SMARTS) is 1. The molecule has 2 amide bonds. The van der Waals surface area contributed by atoms with Crippen LogP contribution in [-0.4, -0.2) is 23.1 Å². The van der Waals surface area contributed by atoms with Gasteiger partial charge in [0, 0.05) is 9.50 Å². The van der Waals surface area contributed by atoms with Gasteiger partial charge in [-0.25, -0.2) is 9.59 Å². The average molecular weight is 364 g/mol. The lowest BCUT2D eigenvalue weighted by Crippen LogP contribution is -2.43. The van der Waals surface area contributed by atoms with Crippen molar-refractivity contribution in [2.45, 2.75) is 26.3 Å². The second-order valence-electron chi connectivity index (χ2n) is 4.74. The molecule has 0 aliphatic carbocycles. The Morgan fingerprint density at radius 1 is 1.40 bits per heavy atom. The van der Waals surface area contributed by atoms with Gasteiger partial charge in [-0.15, -0.1) is 0 Å². The van der Waals surface area contributed by atoms with Crippen molar-refractivity contribution in [3.63, 3.8) is 0 Å². The molecule has 1 rings (SSSR count). The topological polar surface area (TPSA) is 78.4 Å². The van der Waals surface area contributed by atoms with E-state index in [1.165, 1.54) is 0 Å². The molecule has 0 radical (unpaired) electrons. The predicted octanol–water partition coefficient (Wildman–Crippen LogP) is 3.72. The highest BCUT2D eigenvalue weighted by molar-refractivity contribution is 9.10. The van der Waals surface area contributed by atoms with Gasteiger partial charge in [0.1, 0.15) is 6.04 Å². The number of urea groups is 1. The third-order valence-electron chi connectivity index (χ3n) is 2.49. The van der Waals surface area contributed by atoms with Gasteiger partial charge in [0.05, 0.1) is 5.69 Å². The van der Waals surface area contributed by atoms with Crippen molar-refractivity contribution >= 4 is 45.2 Å². The van der Waals surface area contributed by atoms with E-state index in [-0.39, 0.29) is 5.92 Å². The zero-order valence-corrected chi connectivity index (χ0v) is 13.5. The van der Waals surface area contributed by atoms with Gasteiger partial charge < -0.3 is 15.7 Å². The Hall–Kier alpha value is -1.27. The summed E-state index contributed by atoms with van der Waals surface area (Å²) in [5.41, 5.74) is 0.476. The summed E-state index contributed by atoms with van der Waals surface area (Å²) in [5.74, 6) is -0.895. The molecule has 20 heavy (non-hydrogen) atoms. The van der Waals surface area contributed by atoms with Crippen molar-refractivity contribution < 1.29 is 14.7 Å². The molecule has 1 aromatic carbocycles. The summed E-state index contributed by atoms with van der Waals surface area (Å²) in [4.78, 5) is 22.9. The first-order valence-corrected chi connectivity index (χ1v) is 7.22. The quantitative estimate of drug-likeness (QED) is 0.746. The maximum atomic E-state index is 11.8. The molecular formula is C13H16BrClN2O3. The fourth-order valence-electron chi connectivity index (χ4n) is 1.60. The fourth-order valence-corrected chi connectivity index (χ4v) is 2.12. The monoisotopic (exact) mass is 362 g/mol. The maximum absolute atomic E-state index is 11.8. The molecule has 0 aliphatic heterocycles. The number of hydrogen-bond donors (Lipinski definition) is 3. The number of benzene rings is 1. The highest BCUT2D eigenvalue weighted by atomic mass is 79.9. The summed E-state index contributed by atoms with van der Waals surface area (Å²) in [6, 6.07) is 3.44. The van der Waals surface area contributed by atoms with Gasteiger partial charge in [0.25, 0.3) is 0 Å². The molecule has 1 atom stereocenters. The largest absolute Gasteiger partial charge is 0.480 e. The summed E-state index contributed by atoms with van der Waals surface area (Å²) < 4.78 is 0.660. The number of halogens is 2. The molecule has 5 nitrogen and oxygen atoms in total. The number of rotatable bonds is 5. The molecule has 0 unspecified atom stereocenters. The summed E-state index contributed by atoms with van der Waals surface area (Å²) in [5, 5.41) is 14.5. The lowest BCUT2D eigenvalue weighted by molar-refractivity contribution is -0.139. The van der Waals surface area contributed by atoms with E-state index in [9.17, 15) is 9.59 Å². The van der Waals surface area contributed by atoms with Crippen molar-refractivity contribution in [2.24, 2.45) is 5.92 Å². The Labute approximate surface area is 130 Å². The minimum atomic E-state index is -1.06. The summed E-state index contributed by atoms with van der Waals surface area (Å²) >= 11 is 9.12. The van der Waals surface area contributed by atoms with Crippen LogP contribution in [0.1, 0.15) is 20.3 Å². The zero-order valence-electron chi connectivity index (χ0n) is 11.1. The fraction of sp³-hybridized carbons (Fsp3) is 0.385. The predicted molar refractivity (Wildman–Crippen MR) is 82.2 cm³/mol. The van der Waals surface area contributed by atoms with Crippen LogP contribution in [-0.2, 0) is 4.79 Å². The first-order valence-electron chi connectivity index (χ1n) is 6.05. The van der Waals surface area contributed by atoms with Gasteiger partial charge in [-0.3, -0.25) is 0 Å². The molecule has 0 heterocycles. The first-order chi connectivity index (χ1) is 9.29. The van der Waals surface area contributed by atoms with Gasteiger partial charge >= 0.3 is 12.0 Å². The number of carboxylic acids is 1. The number of carbonyl (C=O) groups excluding carboxylic acids is 1. The number of amides is 2. The maximum Gasteiger partial charge on any atom is 0.326 e. The van der Waals surface area contributed by atoms with E-state index < -0.39 is 18.0 Å². The minimum absolute atomic E-state index is 0.161. The van der Waals surface area contributed by atoms with Crippen LogP contribution in [0.3, 0.4) is 0 Å². The number of hydrogen-bond acceptors (Lipinski definition) is 2. The number of aliphatic carboxylic acids is 1. The van der Waals surface area contributed by atoms with Crippen molar-refractivity contribution in [3.05, 3.63) is 27.7 Å². The van der Waals surface area contributed by atoms with E-state index in [1.54, 1.807) is 18.2 Å². The second-order valence-corrected chi connectivity index (χ2v) is 6.03. The summed E-state index contributed by atoms with van der Waals surface area (Å²) in [6.07, 6.45) is 0.361. The van der Waals surface area contributed by atoms with Crippen molar-refractivity contribution in [2.75, 3.05) is 5.32 Å². The minimum Gasteiger partial charge on any atom is -0.480 e. The summed E-state index contributed by atoms with van der Waals surface area (Å²) in [7, 11) is 0. The molecule has 0 bridgehead atoms. The second kappa shape index (κ2) is 7.50. The highest BCUT2D eigenvalue weighted by Crippen LogP contribution is 2.25. The smallest absolute Gasteiger partial charge is 0.326 e. The lowest BCUT2D eigenvalue weighted by Gasteiger charge is -2.17. The number of anilines is 1. The van der Waals surface area contributed by atoms with Crippen LogP contribution in [0.15, 0.2) is 22.7 Å². The van der Waals surface area contributed by atoms with Crippen LogP contribution in [0.2, 0.25) is 5.02 Å². The number of carbonyl (C=O) groups is 2. The van der Waals surface area contributed by atoms with Crippen molar-refractivity contribution in [1.29, 1.82) is 0 Å². The molecule has 3 N–H and O–H groups in total. The van der Waals surface area contributed by atoms with Crippen LogP contribution < -0.4 is 10.6 Å². The Kier molecular flexibility index (Phi) is 6.29. The Bertz CT molecular complexity index is 508. The van der Waals surface area contributed by atoms with Crippen LogP contribution in [0, 0.1) is 5.92 Å². The van der Waals surface area contributed by atoms with Gasteiger partial charge in [-0.1, -0.05) is 25.4 Å².